The Labute approximate surface area is 189 Å². The highest BCUT2D eigenvalue weighted by Gasteiger charge is 2.22. The van der Waals surface area contributed by atoms with Crippen molar-refractivity contribution < 1.29 is 28.9 Å². The van der Waals surface area contributed by atoms with Gasteiger partial charge in [0.25, 0.3) is 0 Å². The lowest BCUT2D eigenvalue weighted by Gasteiger charge is -2.21. The lowest BCUT2D eigenvalue weighted by Crippen LogP contribution is -2.38. The van der Waals surface area contributed by atoms with Crippen molar-refractivity contribution in [3.05, 3.63) is 41.8 Å². The lowest BCUT2D eigenvalue weighted by molar-refractivity contribution is -0.155. The number of sulfone groups is 1. The molecule has 0 aliphatic carbocycles. The highest BCUT2D eigenvalue weighted by Crippen LogP contribution is 2.14. The number of hydrogen-bond acceptors (Lipinski definition) is 6. The molecule has 0 radical (unpaired) electrons. The first kappa shape index (κ1) is 30.8. The summed E-state index contributed by atoms with van der Waals surface area (Å²) in [5.41, 5.74) is -0.695. The number of carbonyl (C=O) groups excluding carboxylic acids is 2. The maximum absolute atomic E-state index is 12.4. The number of alkyl carbamates (subject to hydrolysis) is 1. The molecule has 0 unspecified atom stereocenters. The van der Waals surface area contributed by atoms with E-state index in [0.717, 1.165) is 5.41 Å². The molecule has 0 bridgehead atoms. The third-order valence-electron chi connectivity index (χ3n) is 3.01. The molecule has 0 heterocycles. The molecule has 0 saturated carbocycles. The molecule has 0 saturated heterocycles. The second-order valence-corrected chi connectivity index (χ2v) is 9.02. The van der Waals surface area contributed by atoms with Gasteiger partial charge < -0.3 is 14.8 Å². The largest absolute Gasteiger partial charge is 0.460 e. The highest BCUT2D eigenvalue weighted by molar-refractivity contribution is 7.94. The predicted molar refractivity (Wildman–Crippen MR) is 127 cm³/mol. The number of esters is 1. The van der Waals surface area contributed by atoms with Crippen molar-refractivity contribution in [3.63, 3.8) is 0 Å². The molecule has 31 heavy (non-hydrogen) atoms. The van der Waals surface area contributed by atoms with Crippen molar-refractivity contribution in [2.45, 2.75) is 91.4 Å². The van der Waals surface area contributed by atoms with Crippen LogP contribution in [0, 0.1) is 0 Å². The number of benzene rings is 1. The van der Waals surface area contributed by atoms with Crippen molar-refractivity contribution in [1.82, 2.24) is 5.32 Å². The van der Waals surface area contributed by atoms with Crippen LogP contribution in [-0.4, -0.2) is 38.2 Å². The van der Waals surface area contributed by atoms with Crippen LogP contribution in [0.2, 0.25) is 0 Å². The number of nitrogens with one attached hydrogen (secondary N) is 1. The quantitative estimate of drug-likeness (QED) is 0.540. The molecule has 0 fully saturated rings. The molecule has 0 spiro atoms. The van der Waals surface area contributed by atoms with Gasteiger partial charge in [-0.1, -0.05) is 45.9 Å². The highest BCUT2D eigenvalue weighted by atomic mass is 32.2. The van der Waals surface area contributed by atoms with Crippen molar-refractivity contribution >= 4 is 21.9 Å². The third-order valence-corrected chi connectivity index (χ3v) is 4.46. The van der Waals surface area contributed by atoms with Gasteiger partial charge in [0, 0.05) is 6.83 Å². The van der Waals surface area contributed by atoms with Gasteiger partial charge in [0.05, 0.1) is 23.5 Å². The summed E-state index contributed by atoms with van der Waals surface area (Å²) in [5, 5.41) is 3.44. The smallest absolute Gasteiger partial charge is 0.407 e. The van der Waals surface area contributed by atoms with Crippen molar-refractivity contribution in [2.24, 2.45) is 0 Å². The lowest BCUT2D eigenvalue weighted by atomic mass is 10.1. The number of amides is 1. The standard InChI is InChI=1S/C19H27NO6S.2C2H6.H2/c1-14(2)25-18(22)20-15(13-17(21)26-19(3,4)5)11-12-27(23,24)16-9-7-6-8-10-16;2*1-2;/h6-12,14-15H,13H2,1-5H3,(H,20,22);2*1-2H3;1H/b12-11+;;;/t15-;;;/m1.../s1. The molecule has 1 N–H and O–H groups in total. The molecule has 8 heteroatoms. The second-order valence-electron chi connectivity index (χ2n) is 7.18. The summed E-state index contributed by atoms with van der Waals surface area (Å²) in [4.78, 5) is 24.0. The van der Waals surface area contributed by atoms with E-state index in [1.54, 1.807) is 52.8 Å². The number of ether oxygens (including phenoxy) is 2. The average Bonchev–Trinajstić information content (AvgIpc) is 2.68. The molecule has 7 nitrogen and oxygen atoms in total. The second kappa shape index (κ2) is 15.5. The van der Waals surface area contributed by atoms with Gasteiger partial charge >= 0.3 is 12.1 Å². The van der Waals surface area contributed by atoms with Crippen LogP contribution in [-0.2, 0) is 24.1 Å². The van der Waals surface area contributed by atoms with E-state index >= 15 is 0 Å². The van der Waals surface area contributed by atoms with Crippen LogP contribution < -0.4 is 5.32 Å². The molecule has 1 atom stereocenters. The van der Waals surface area contributed by atoms with E-state index in [4.69, 9.17) is 9.47 Å². The van der Waals surface area contributed by atoms with Crippen LogP contribution in [0.5, 0.6) is 0 Å². The topological polar surface area (TPSA) is 98.8 Å². The zero-order valence-electron chi connectivity index (χ0n) is 20.3. The normalized spacial score (nSPS) is 12.1. The van der Waals surface area contributed by atoms with Crippen LogP contribution in [0.3, 0.4) is 0 Å². The predicted octanol–water partition coefficient (Wildman–Crippen LogP) is 5.51. The first-order valence-corrected chi connectivity index (χ1v) is 12.1. The van der Waals surface area contributed by atoms with E-state index in [0.29, 0.717) is 0 Å². The van der Waals surface area contributed by atoms with Crippen LogP contribution in [0.1, 0.15) is 70.2 Å². The Balaban J connectivity index is -0.00000159. The first-order chi connectivity index (χ1) is 14.4. The summed E-state index contributed by atoms with van der Waals surface area (Å²) in [6.07, 6.45) is -0.0939. The molecule has 180 valence electrons. The first-order valence-electron chi connectivity index (χ1n) is 10.6. The van der Waals surface area contributed by atoms with Gasteiger partial charge in [-0.25, -0.2) is 13.2 Å². The Kier molecular flexibility index (Phi) is 15.4. The molecule has 0 aliphatic heterocycles. The van der Waals surface area contributed by atoms with E-state index in [-0.39, 0.29) is 18.8 Å². The van der Waals surface area contributed by atoms with Gasteiger partial charge in [-0.05, 0) is 52.8 Å². The third kappa shape index (κ3) is 15.2. The Morgan fingerprint density at radius 2 is 1.58 bits per heavy atom. The van der Waals surface area contributed by atoms with E-state index < -0.39 is 33.5 Å². The summed E-state index contributed by atoms with van der Waals surface area (Å²) in [5.74, 6) is -0.570. The van der Waals surface area contributed by atoms with Crippen LogP contribution in [0.15, 0.2) is 46.7 Å². The van der Waals surface area contributed by atoms with Gasteiger partial charge in [-0.3, -0.25) is 4.79 Å². The molecular formula is C23H41NO6S. The minimum Gasteiger partial charge on any atom is -0.460 e. The molecule has 0 aliphatic rings. The Bertz CT molecular complexity index is 771. The summed E-state index contributed by atoms with van der Waals surface area (Å²) >= 11 is 0. The zero-order valence-corrected chi connectivity index (χ0v) is 21.1. The average molecular weight is 460 g/mol. The summed E-state index contributed by atoms with van der Waals surface area (Å²) in [6, 6.07) is 6.95. The SMILES string of the molecule is CC.CC.CC(C)OC(=O)N[C@H](/C=C/S(=O)(=O)c1ccccc1)CC(=O)OC(C)(C)C.[HH]. The van der Waals surface area contributed by atoms with Crippen LogP contribution >= 0.6 is 0 Å². The molecule has 1 aromatic rings. The molecule has 0 aromatic heterocycles. The Morgan fingerprint density at radius 1 is 1.06 bits per heavy atom. The van der Waals surface area contributed by atoms with Gasteiger partial charge in [-0.15, -0.1) is 0 Å². The molecule has 1 aromatic carbocycles. The van der Waals surface area contributed by atoms with Gasteiger partial charge in [0.2, 0.25) is 0 Å². The minimum atomic E-state index is -3.71. The van der Waals surface area contributed by atoms with Crippen molar-refractivity contribution in [2.75, 3.05) is 0 Å². The maximum atomic E-state index is 12.4. The fraction of sp³-hybridized carbons (Fsp3) is 0.565. The zero-order chi connectivity index (χ0) is 24.7. The Morgan fingerprint density at radius 3 is 2.03 bits per heavy atom. The number of hydrogen-bond donors (Lipinski definition) is 1. The minimum absolute atomic E-state index is 0. The monoisotopic (exact) mass is 459 g/mol. The van der Waals surface area contributed by atoms with Gasteiger partial charge in [0.15, 0.2) is 9.84 Å². The van der Waals surface area contributed by atoms with Crippen LogP contribution in [0.25, 0.3) is 0 Å². The summed E-state index contributed by atoms with van der Waals surface area (Å²) in [6.45, 7) is 16.5. The fourth-order valence-corrected chi connectivity index (χ4v) is 3.11. The molecule has 1 rings (SSSR count). The number of carbonyl (C=O) groups is 2. The van der Waals surface area contributed by atoms with Crippen molar-refractivity contribution in [3.8, 4) is 0 Å². The van der Waals surface area contributed by atoms with E-state index in [1.807, 2.05) is 27.7 Å². The van der Waals surface area contributed by atoms with E-state index in [1.165, 1.54) is 18.2 Å². The van der Waals surface area contributed by atoms with Crippen molar-refractivity contribution in [1.29, 1.82) is 0 Å². The van der Waals surface area contributed by atoms with Crippen LogP contribution in [0.4, 0.5) is 4.79 Å². The van der Waals surface area contributed by atoms with E-state index in [2.05, 4.69) is 5.32 Å². The Hall–Kier alpha value is -2.35. The summed E-state index contributed by atoms with van der Waals surface area (Å²) in [7, 11) is -3.71. The number of rotatable bonds is 7. The summed E-state index contributed by atoms with van der Waals surface area (Å²) < 4.78 is 35.0. The molecular weight excluding hydrogens is 418 g/mol. The molecule has 1 amide bonds. The van der Waals surface area contributed by atoms with Gasteiger partial charge in [-0.2, -0.15) is 0 Å². The van der Waals surface area contributed by atoms with Gasteiger partial charge in [0.1, 0.15) is 5.60 Å². The maximum Gasteiger partial charge on any atom is 0.407 e. The fourth-order valence-electron chi connectivity index (χ4n) is 2.02. The van der Waals surface area contributed by atoms with E-state index in [9.17, 15) is 18.0 Å².